The standard InChI is InChI=1S/C16H30O2/c1-4-10-15(2)11-8-6-5-7-9-12-16(3)17-13-14-18-16/h5-6,15H,4,7-14H2,1-3H3/b6-5-. The van der Waals surface area contributed by atoms with E-state index >= 15 is 0 Å². The summed E-state index contributed by atoms with van der Waals surface area (Å²) >= 11 is 0. The van der Waals surface area contributed by atoms with Crippen LogP contribution in [0.2, 0.25) is 0 Å². The first-order valence-corrected chi connectivity index (χ1v) is 7.59. The van der Waals surface area contributed by atoms with Crippen LogP contribution in [0.3, 0.4) is 0 Å². The van der Waals surface area contributed by atoms with E-state index < -0.39 is 0 Å². The summed E-state index contributed by atoms with van der Waals surface area (Å²) in [5.74, 6) is 0.572. The highest BCUT2D eigenvalue weighted by Crippen LogP contribution is 2.24. The first-order valence-electron chi connectivity index (χ1n) is 7.59. The quantitative estimate of drug-likeness (QED) is 0.439. The number of allylic oxidation sites excluding steroid dienone is 2. The van der Waals surface area contributed by atoms with Gasteiger partial charge in [0.05, 0.1) is 13.2 Å². The van der Waals surface area contributed by atoms with Gasteiger partial charge in [0, 0.05) is 6.42 Å². The SMILES string of the molecule is CCCC(C)CC/C=C\CCCC1(C)OCCO1. The van der Waals surface area contributed by atoms with E-state index in [-0.39, 0.29) is 5.79 Å². The molecule has 1 atom stereocenters. The molecule has 0 aromatic heterocycles. The van der Waals surface area contributed by atoms with Gasteiger partial charge in [-0.1, -0.05) is 38.8 Å². The molecular formula is C16H30O2. The second-order valence-corrected chi connectivity index (χ2v) is 5.67. The van der Waals surface area contributed by atoms with Gasteiger partial charge in [-0.05, 0) is 38.5 Å². The second kappa shape index (κ2) is 8.71. The molecule has 0 aromatic carbocycles. The van der Waals surface area contributed by atoms with E-state index in [0.29, 0.717) is 0 Å². The Bertz CT molecular complexity index is 229. The predicted molar refractivity (Wildman–Crippen MR) is 76.6 cm³/mol. The lowest BCUT2D eigenvalue weighted by Gasteiger charge is -2.21. The van der Waals surface area contributed by atoms with Crippen LogP contribution in [0.5, 0.6) is 0 Å². The van der Waals surface area contributed by atoms with Crippen molar-refractivity contribution in [3.63, 3.8) is 0 Å². The van der Waals surface area contributed by atoms with E-state index in [1.54, 1.807) is 0 Å². The lowest BCUT2D eigenvalue weighted by atomic mass is 10.00. The van der Waals surface area contributed by atoms with Crippen LogP contribution in [0.15, 0.2) is 12.2 Å². The Labute approximate surface area is 113 Å². The summed E-state index contributed by atoms with van der Waals surface area (Å²) in [5, 5.41) is 0. The molecule has 1 aliphatic heterocycles. The van der Waals surface area contributed by atoms with Gasteiger partial charge in [0.15, 0.2) is 5.79 Å². The summed E-state index contributed by atoms with van der Waals surface area (Å²) in [4.78, 5) is 0. The number of ether oxygens (including phenoxy) is 2. The highest BCUT2D eigenvalue weighted by Gasteiger charge is 2.29. The monoisotopic (exact) mass is 254 g/mol. The Morgan fingerprint density at radius 1 is 1.11 bits per heavy atom. The third-order valence-corrected chi connectivity index (χ3v) is 3.67. The van der Waals surface area contributed by atoms with Crippen LogP contribution in [0, 0.1) is 5.92 Å². The van der Waals surface area contributed by atoms with E-state index in [4.69, 9.17) is 9.47 Å². The molecule has 1 fully saturated rings. The molecule has 2 nitrogen and oxygen atoms in total. The maximum Gasteiger partial charge on any atom is 0.165 e. The Morgan fingerprint density at radius 2 is 1.78 bits per heavy atom. The highest BCUT2D eigenvalue weighted by atomic mass is 16.7. The molecule has 1 heterocycles. The molecule has 2 heteroatoms. The number of rotatable bonds is 9. The fraction of sp³-hybridized carbons (Fsp3) is 0.875. The van der Waals surface area contributed by atoms with Crippen molar-refractivity contribution >= 4 is 0 Å². The van der Waals surface area contributed by atoms with Crippen molar-refractivity contribution in [2.75, 3.05) is 13.2 Å². The minimum Gasteiger partial charge on any atom is -0.348 e. The Kier molecular flexibility index (Phi) is 7.60. The van der Waals surface area contributed by atoms with Crippen molar-refractivity contribution < 1.29 is 9.47 Å². The minimum absolute atomic E-state index is 0.302. The largest absolute Gasteiger partial charge is 0.348 e. The first kappa shape index (κ1) is 15.7. The third kappa shape index (κ3) is 6.55. The fourth-order valence-electron chi connectivity index (χ4n) is 2.50. The van der Waals surface area contributed by atoms with Crippen LogP contribution in [-0.2, 0) is 9.47 Å². The minimum atomic E-state index is -0.302. The lowest BCUT2D eigenvalue weighted by molar-refractivity contribution is -0.147. The molecule has 106 valence electrons. The van der Waals surface area contributed by atoms with Gasteiger partial charge in [-0.2, -0.15) is 0 Å². The van der Waals surface area contributed by atoms with Crippen LogP contribution in [0.25, 0.3) is 0 Å². The molecule has 0 bridgehead atoms. The molecule has 1 aliphatic rings. The smallest absolute Gasteiger partial charge is 0.165 e. The maximum atomic E-state index is 5.58. The molecule has 0 spiro atoms. The normalized spacial score (nSPS) is 20.6. The molecule has 0 aliphatic carbocycles. The Balaban J connectivity index is 1.97. The van der Waals surface area contributed by atoms with Crippen molar-refractivity contribution in [3.8, 4) is 0 Å². The van der Waals surface area contributed by atoms with Crippen molar-refractivity contribution in [1.82, 2.24) is 0 Å². The van der Waals surface area contributed by atoms with E-state index in [1.165, 1.54) is 25.7 Å². The predicted octanol–water partition coefficient (Wildman–Crippen LogP) is 4.69. The second-order valence-electron chi connectivity index (χ2n) is 5.67. The number of hydrogen-bond acceptors (Lipinski definition) is 2. The van der Waals surface area contributed by atoms with Gasteiger partial charge in [-0.15, -0.1) is 0 Å². The molecule has 1 saturated heterocycles. The molecule has 0 saturated carbocycles. The van der Waals surface area contributed by atoms with Gasteiger partial charge in [0.25, 0.3) is 0 Å². The van der Waals surface area contributed by atoms with Crippen LogP contribution >= 0.6 is 0 Å². The summed E-state index contributed by atoms with van der Waals surface area (Å²) in [5.41, 5.74) is 0. The Morgan fingerprint density at radius 3 is 2.44 bits per heavy atom. The van der Waals surface area contributed by atoms with Gasteiger partial charge in [0.2, 0.25) is 0 Å². The van der Waals surface area contributed by atoms with Crippen molar-refractivity contribution in [2.45, 2.75) is 71.5 Å². The zero-order valence-corrected chi connectivity index (χ0v) is 12.4. The molecule has 0 aromatic rings. The van der Waals surface area contributed by atoms with Crippen LogP contribution in [-0.4, -0.2) is 19.0 Å². The maximum absolute atomic E-state index is 5.58. The first-order chi connectivity index (χ1) is 8.66. The van der Waals surface area contributed by atoms with E-state index in [1.807, 2.05) is 0 Å². The van der Waals surface area contributed by atoms with Gasteiger partial charge < -0.3 is 9.47 Å². The zero-order valence-electron chi connectivity index (χ0n) is 12.4. The van der Waals surface area contributed by atoms with E-state index in [2.05, 4.69) is 32.9 Å². The molecule has 1 rings (SSSR count). The van der Waals surface area contributed by atoms with Gasteiger partial charge in [-0.3, -0.25) is 0 Å². The van der Waals surface area contributed by atoms with Gasteiger partial charge >= 0.3 is 0 Å². The fourth-order valence-corrected chi connectivity index (χ4v) is 2.50. The van der Waals surface area contributed by atoms with Crippen molar-refractivity contribution in [3.05, 3.63) is 12.2 Å². The molecule has 0 radical (unpaired) electrons. The van der Waals surface area contributed by atoms with E-state index in [0.717, 1.165) is 38.4 Å². The summed E-state index contributed by atoms with van der Waals surface area (Å²) in [7, 11) is 0. The summed E-state index contributed by atoms with van der Waals surface area (Å²) in [6.07, 6.45) is 13.2. The van der Waals surface area contributed by atoms with Crippen LogP contribution in [0.1, 0.15) is 65.7 Å². The summed E-state index contributed by atoms with van der Waals surface area (Å²) in [6.45, 7) is 8.17. The summed E-state index contributed by atoms with van der Waals surface area (Å²) < 4.78 is 11.2. The number of unbranched alkanes of at least 4 members (excludes halogenated alkanes) is 1. The lowest BCUT2D eigenvalue weighted by Crippen LogP contribution is -2.24. The Hall–Kier alpha value is -0.340. The number of hydrogen-bond donors (Lipinski definition) is 0. The molecule has 1 unspecified atom stereocenters. The van der Waals surface area contributed by atoms with Crippen LogP contribution in [0.4, 0.5) is 0 Å². The molecule has 0 N–H and O–H groups in total. The zero-order chi connectivity index (χ0) is 13.3. The van der Waals surface area contributed by atoms with Gasteiger partial charge in [-0.25, -0.2) is 0 Å². The van der Waals surface area contributed by atoms with Crippen LogP contribution < -0.4 is 0 Å². The summed E-state index contributed by atoms with van der Waals surface area (Å²) in [6, 6.07) is 0. The van der Waals surface area contributed by atoms with Crippen molar-refractivity contribution in [1.29, 1.82) is 0 Å². The molecule has 0 amide bonds. The third-order valence-electron chi connectivity index (χ3n) is 3.67. The van der Waals surface area contributed by atoms with Crippen molar-refractivity contribution in [2.24, 2.45) is 5.92 Å². The van der Waals surface area contributed by atoms with E-state index in [9.17, 15) is 0 Å². The highest BCUT2D eigenvalue weighted by molar-refractivity contribution is 4.83. The average molecular weight is 254 g/mol. The molecular weight excluding hydrogens is 224 g/mol. The molecule has 18 heavy (non-hydrogen) atoms. The topological polar surface area (TPSA) is 18.5 Å². The van der Waals surface area contributed by atoms with Gasteiger partial charge in [0.1, 0.15) is 0 Å². The average Bonchev–Trinajstić information content (AvgIpc) is 2.75.